The van der Waals surface area contributed by atoms with Crippen molar-refractivity contribution in [3.63, 3.8) is 0 Å². The lowest BCUT2D eigenvalue weighted by Gasteiger charge is -2.19. The third-order valence-electron chi connectivity index (χ3n) is 3.12. The van der Waals surface area contributed by atoms with Crippen LogP contribution in [-0.2, 0) is 6.54 Å². The second-order valence-electron chi connectivity index (χ2n) is 4.80. The summed E-state index contributed by atoms with van der Waals surface area (Å²) < 4.78 is 15.1. The fourth-order valence-electron chi connectivity index (χ4n) is 1.98. The zero-order chi connectivity index (χ0) is 15.4. The van der Waals surface area contributed by atoms with Crippen molar-refractivity contribution in [3.05, 3.63) is 52.0 Å². The lowest BCUT2D eigenvalue weighted by Crippen LogP contribution is -2.32. The molecule has 0 fully saturated rings. The number of hydrogen-bond donors (Lipinski definition) is 2. The highest BCUT2D eigenvalue weighted by molar-refractivity contribution is 6.35. The van der Waals surface area contributed by atoms with Crippen molar-refractivity contribution >= 4 is 23.2 Å². The first-order chi connectivity index (χ1) is 9.97. The molecule has 1 aromatic carbocycles. The van der Waals surface area contributed by atoms with Gasteiger partial charge in [-0.3, -0.25) is 4.68 Å². The van der Waals surface area contributed by atoms with E-state index >= 15 is 0 Å². The molecule has 0 radical (unpaired) electrons. The average molecular weight is 332 g/mol. The largest absolute Gasteiger partial charge is 0.390 e. The fraction of sp³-hybridized carbons (Fsp3) is 0.357. The average Bonchev–Trinajstić information content (AvgIpc) is 2.93. The highest BCUT2D eigenvalue weighted by atomic mass is 35.5. The van der Waals surface area contributed by atoms with Crippen molar-refractivity contribution in [1.29, 1.82) is 0 Å². The zero-order valence-corrected chi connectivity index (χ0v) is 12.9. The fourth-order valence-corrected chi connectivity index (χ4v) is 2.53. The van der Waals surface area contributed by atoms with E-state index in [4.69, 9.17) is 23.2 Å². The summed E-state index contributed by atoms with van der Waals surface area (Å²) in [6.45, 7) is 2.56. The molecular weight excluding hydrogens is 316 g/mol. The Labute approximate surface area is 132 Å². The topological polar surface area (TPSA) is 50.1 Å². The number of benzene rings is 1. The number of rotatable bonds is 6. The predicted molar refractivity (Wildman–Crippen MR) is 81.1 cm³/mol. The number of nitrogens with zero attached hydrogens (tertiary/aromatic N) is 2. The minimum atomic E-state index is -0.608. The summed E-state index contributed by atoms with van der Waals surface area (Å²) in [6.07, 6.45) is 2.82. The summed E-state index contributed by atoms with van der Waals surface area (Å²) >= 11 is 11.7. The van der Waals surface area contributed by atoms with Crippen LogP contribution < -0.4 is 5.32 Å². The van der Waals surface area contributed by atoms with Crippen LogP contribution in [0.25, 0.3) is 0 Å². The Balaban J connectivity index is 1.92. The number of aliphatic hydroxyl groups is 1. The van der Waals surface area contributed by atoms with E-state index in [2.05, 4.69) is 10.4 Å². The Bertz CT molecular complexity index is 592. The molecule has 0 unspecified atom stereocenters. The van der Waals surface area contributed by atoms with Gasteiger partial charge in [0.1, 0.15) is 5.82 Å². The van der Waals surface area contributed by atoms with Gasteiger partial charge in [0.2, 0.25) is 0 Å². The predicted octanol–water partition coefficient (Wildman–Crippen LogP) is 3.04. The molecule has 0 saturated heterocycles. The molecule has 0 amide bonds. The van der Waals surface area contributed by atoms with E-state index in [-0.39, 0.29) is 11.1 Å². The third kappa shape index (κ3) is 4.41. The summed E-state index contributed by atoms with van der Waals surface area (Å²) in [6, 6.07) is 4.27. The molecule has 2 N–H and O–H groups in total. The molecule has 21 heavy (non-hydrogen) atoms. The monoisotopic (exact) mass is 331 g/mol. The van der Waals surface area contributed by atoms with E-state index < -0.39 is 11.9 Å². The number of halogens is 3. The van der Waals surface area contributed by atoms with Gasteiger partial charge in [-0.1, -0.05) is 23.2 Å². The van der Waals surface area contributed by atoms with E-state index in [0.29, 0.717) is 23.7 Å². The maximum Gasteiger partial charge on any atom is 0.142 e. The van der Waals surface area contributed by atoms with Crippen LogP contribution in [0.5, 0.6) is 0 Å². The van der Waals surface area contributed by atoms with Gasteiger partial charge in [-0.15, -0.1) is 0 Å². The Morgan fingerprint density at radius 2 is 2.14 bits per heavy atom. The van der Waals surface area contributed by atoms with Crippen molar-refractivity contribution in [1.82, 2.24) is 15.1 Å². The molecule has 0 spiro atoms. The molecule has 0 saturated carbocycles. The van der Waals surface area contributed by atoms with Crippen LogP contribution in [0.3, 0.4) is 0 Å². The Kier molecular flexibility index (Phi) is 5.58. The van der Waals surface area contributed by atoms with Crippen LogP contribution in [0.4, 0.5) is 4.39 Å². The molecule has 2 aromatic rings. The van der Waals surface area contributed by atoms with Gasteiger partial charge >= 0.3 is 0 Å². The molecular formula is C14H16Cl2FN3O. The van der Waals surface area contributed by atoms with Gasteiger partial charge in [0.15, 0.2) is 0 Å². The lowest BCUT2D eigenvalue weighted by atomic mass is 10.1. The molecule has 0 aliphatic rings. The number of hydrogen-bond acceptors (Lipinski definition) is 3. The lowest BCUT2D eigenvalue weighted by molar-refractivity contribution is 0.143. The summed E-state index contributed by atoms with van der Waals surface area (Å²) in [5.74, 6) is -0.512. The van der Waals surface area contributed by atoms with Gasteiger partial charge < -0.3 is 10.4 Å². The second kappa shape index (κ2) is 7.22. The molecule has 114 valence electrons. The first-order valence-electron chi connectivity index (χ1n) is 6.50. The van der Waals surface area contributed by atoms with Gasteiger partial charge in [-0.2, -0.15) is 5.10 Å². The first kappa shape index (κ1) is 16.2. The zero-order valence-electron chi connectivity index (χ0n) is 11.4. The van der Waals surface area contributed by atoms with E-state index in [0.717, 1.165) is 0 Å². The molecule has 1 heterocycles. The van der Waals surface area contributed by atoms with Gasteiger partial charge in [0, 0.05) is 30.0 Å². The Morgan fingerprint density at radius 3 is 2.81 bits per heavy atom. The highest BCUT2D eigenvalue weighted by Crippen LogP contribution is 2.28. The van der Waals surface area contributed by atoms with Gasteiger partial charge in [0.05, 0.1) is 17.7 Å². The van der Waals surface area contributed by atoms with E-state index in [9.17, 15) is 9.50 Å². The maximum absolute atomic E-state index is 13.5. The number of aromatic nitrogens is 2. The summed E-state index contributed by atoms with van der Waals surface area (Å²) in [5.41, 5.74) is 0.602. The molecule has 0 bridgehead atoms. The molecule has 0 aliphatic heterocycles. The molecule has 2 atom stereocenters. The second-order valence-corrected chi connectivity index (χ2v) is 5.61. The van der Waals surface area contributed by atoms with Crippen molar-refractivity contribution in [2.45, 2.75) is 25.6 Å². The van der Waals surface area contributed by atoms with Crippen LogP contribution in [0.2, 0.25) is 10.0 Å². The van der Waals surface area contributed by atoms with Gasteiger partial charge in [-0.25, -0.2) is 4.39 Å². The molecule has 0 aliphatic carbocycles. The van der Waals surface area contributed by atoms with Crippen LogP contribution in [0.1, 0.15) is 18.5 Å². The van der Waals surface area contributed by atoms with Crippen LogP contribution in [0, 0.1) is 5.82 Å². The summed E-state index contributed by atoms with van der Waals surface area (Å²) in [7, 11) is 0. The minimum Gasteiger partial charge on any atom is -0.390 e. The smallest absolute Gasteiger partial charge is 0.142 e. The van der Waals surface area contributed by atoms with Crippen molar-refractivity contribution in [2.24, 2.45) is 0 Å². The van der Waals surface area contributed by atoms with Crippen LogP contribution in [0.15, 0.2) is 30.6 Å². The standard InChI is InChI=1S/C14H16Cl2FN3O/c1-9(11-5-14(17)13(16)6-12(11)15)18-7-10(21)8-20-4-2-3-19-20/h2-6,9-10,18,21H,7-8H2,1H3/t9-,10-/m1/s1. The van der Waals surface area contributed by atoms with Crippen LogP contribution in [-0.4, -0.2) is 27.5 Å². The summed E-state index contributed by atoms with van der Waals surface area (Å²) in [5, 5.41) is 17.5. The van der Waals surface area contributed by atoms with Gasteiger partial charge in [0.25, 0.3) is 0 Å². The van der Waals surface area contributed by atoms with Crippen molar-refractivity contribution in [2.75, 3.05) is 6.54 Å². The SMILES string of the molecule is C[C@@H](NC[C@@H](O)Cn1cccn1)c1cc(F)c(Cl)cc1Cl. The molecule has 2 rings (SSSR count). The number of nitrogens with one attached hydrogen (secondary N) is 1. The quantitative estimate of drug-likeness (QED) is 0.800. The maximum atomic E-state index is 13.5. The molecule has 1 aromatic heterocycles. The van der Waals surface area contributed by atoms with Crippen LogP contribution >= 0.6 is 23.2 Å². The third-order valence-corrected chi connectivity index (χ3v) is 3.74. The van der Waals surface area contributed by atoms with E-state index in [1.165, 1.54) is 12.1 Å². The Hall–Kier alpha value is -1.14. The summed E-state index contributed by atoms with van der Waals surface area (Å²) in [4.78, 5) is 0. The Morgan fingerprint density at radius 1 is 1.38 bits per heavy atom. The van der Waals surface area contributed by atoms with Gasteiger partial charge in [-0.05, 0) is 30.7 Å². The van der Waals surface area contributed by atoms with E-state index in [1.54, 1.807) is 23.1 Å². The number of aliphatic hydroxyl groups excluding tert-OH is 1. The normalized spacial score (nSPS) is 14.1. The molecule has 7 heteroatoms. The minimum absolute atomic E-state index is 0.00494. The van der Waals surface area contributed by atoms with Crippen molar-refractivity contribution < 1.29 is 9.50 Å². The van der Waals surface area contributed by atoms with E-state index in [1.807, 2.05) is 6.92 Å². The first-order valence-corrected chi connectivity index (χ1v) is 7.26. The molecule has 4 nitrogen and oxygen atoms in total. The van der Waals surface area contributed by atoms with Crippen molar-refractivity contribution in [3.8, 4) is 0 Å². The highest BCUT2D eigenvalue weighted by Gasteiger charge is 2.14.